The number of hydrogen-bond acceptors (Lipinski definition) is 4. The van der Waals surface area contributed by atoms with E-state index in [2.05, 4.69) is 4.98 Å². The van der Waals surface area contributed by atoms with Crippen molar-refractivity contribution in [2.24, 2.45) is 0 Å². The Hall–Kier alpha value is -4.33. The summed E-state index contributed by atoms with van der Waals surface area (Å²) >= 11 is 0. The van der Waals surface area contributed by atoms with Gasteiger partial charge in [0, 0.05) is 29.6 Å². The van der Waals surface area contributed by atoms with Gasteiger partial charge in [-0.05, 0) is 53.4 Å². The van der Waals surface area contributed by atoms with E-state index >= 15 is 0 Å². The van der Waals surface area contributed by atoms with Crippen LogP contribution in [0.2, 0.25) is 0 Å². The lowest BCUT2D eigenvalue weighted by atomic mass is 9.86. The number of ether oxygens (including phenoxy) is 2. The summed E-state index contributed by atoms with van der Waals surface area (Å²) in [4.78, 5) is 34.5. The fraction of sp³-hybridized carbons (Fsp3) is 0.267. The second-order valence-electron chi connectivity index (χ2n) is 9.74. The maximum Gasteiger partial charge on any atom is 0.246 e. The molecule has 2 amide bonds. The van der Waals surface area contributed by atoms with Gasteiger partial charge in [0.1, 0.15) is 11.9 Å². The first-order valence-corrected chi connectivity index (χ1v) is 12.6. The number of piperazine rings is 1. The van der Waals surface area contributed by atoms with Crippen LogP contribution in [0, 0.1) is 5.82 Å². The Morgan fingerprint density at radius 3 is 2.50 bits per heavy atom. The standard InChI is InChI=1S/C30H28FN3O4/c1-37-25-12-9-19(15-26(25)38-2)29-28-22(21-5-3-4-6-23(21)32-28)16-24-30(36)33(17-27(35)34(24)29)14-13-18-7-10-20(31)11-8-18/h3-12,15,24,29,32H,13-14,16-17H2,1-2H3/t24-,29+/m0/s1. The molecule has 1 aromatic heterocycles. The van der Waals surface area contributed by atoms with Crippen LogP contribution in [0.25, 0.3) is 10.9 Å². The van der Waals surface area contributed by atoms with Crippen molar-refractivity contribution in [3.63, 3.8) is 0 Å². The van der Waals surface area contributed by atoms with E-state index in [4.69, 9.17) is 9.47 Å². The van der Waals surface area contributed by atoms with E-state index < -0.39 is 12.1 Å². The van der Waals surface area contributed by atoms with Gasteiger partial charge in [0.25, 0.3) is 0 Å². The number of nitrogens with one attached hydrogen (secondary N) is 1. The summed E-state index contributed by atoms with van der Waals surface area (Å²) in [5.41, 5.74) is 4.68. The summed E-state index contributed by atoms with van der Waals surface area (Å²) in [7, 11) is 3.16. The molecule has 0 spiro atoms. The minimum absolute atomic E-state index is 0.00409. The molecule has 194 valence electrons. The molecule has 1 saturated heterocycles. The fourth-order valence-electron chi connectivity index (χ4n) is 5.80. The number of carbonyl (C=O) groups is 2. The maximum absolute atomic E-state index is 13.9. The molecule has 0 unspecified atom stereocenters. The first-order valence-electron chi connectivity index (χ1n) is 12.6. The van der Waals surface area contributed by atoms with Crippen LogP contribution in [0.5, 0.6) is 11.5 Å². The predicted molar refractivity (Wildman–Crippen MR) is 141 cm³/mol. The number of rotatable bonds is 6. The van der Waals surface area contributed by atoms with Gasteiger partial charge in [-0.15, -0.1) is 0 Å². The molecule has 3 aromatic carbocycles. The van der Waals surface area contributed by atoms with Crippen LogP contribution in [0.15, 0.2) is 66.7 Å². The van der Waals surface area contributed by atoms with E-state index in [0.29, 0.717) is 30.9 Å². The molecule has 7 nitrogen and oxygen atoms in total. The van der Waals surface area contributed by atoms with Gasteiger partial charge in [-0.25, -0.2) is 4.39 Å². The minimum Gasteiger partial charge on any atom is -0.493 e. The predicted octanol–water partition coefficient (Wildman–Crippen LogP) is 4.25. The molecular formula is C30H28FN3O4. The minimum atomic E-state index is -0.630. The van der Waals surface area contributed by atoms with E-state index in [1.165, 1.54) is 12.1 Å². The Balaban J connectivity index is 1.40. The van der Waals surface area contributed by atoms with Gasteiger partial charge in [-0.3, -0.25) is 9.59 Å². The van der Waals surface area contributed by atoms with Crippen LogP contribution in [-0.2, 0) is 22.4 Å². The zero-order valence-electron chi connectivity index (χ0n) is 21.2. The number of methoxy groups -OCH3 is 2. The molecule has 8 heteroatoms. The molecule has 38 heavy (non-hydrogen) atoms. The molecular weight excluding hydrogens is 485 g/mol. The Morgan fingerprint density at radius 2 is 1.74 bits per heavy atom. The van der Waals surface area contributed by atoms with Crippen molar-refractivity contribution in [1.82, 2.24) is 14.8 Å². The summed E-state index contributed by atoms with van der Waals surface area (Å²) in [5, 5.41) is 1.05. The van der Waals surface area contributed by atoms with Gasteiger partial charge < -0.3 is 24.3 Å². The molecule has 1 fully saturated rings. The number of para-hydroxylation sites is 1. The van der Waals surface area contributed by atoms with Crippen molar-refractivity contribution in [3.8, 4) is 11.5 Å². The van der Waals surface area contributed by atoms with E-state index in [1.807, 2.05) is 42.5 Å². The number of amides is 2. The van der Waals surface area contributed by atoms with Crippen LogP contribution in [0.1, 0.15) is 28.4 Å². The first-order chi connectivity index (χ1) is 18.5. The molecule has 0 aliphatic carbocycles. The molecule has 0 bridgehead atoms. The van der Waals surface area contributed by atoms with Crippen molar-refractivity contribution in [2.45, 2.75) is 24.9 Å². The van der Waals surface area contributed by atoms with Crippen LogP contribution in [-0.4, -0.2) is 59.9 Å². The van der Waals surface area contributed by atoms with Crippen molar-refractivity contribution in [3.05, 3.63) is 94.9 Å². The van der Waals surface area contributed by atoms with Gasteiger partial charge in [-0.2, -0.15) is 0 Å². The van der Waals surface area contributed by atoms with E-state index in [-0.39, 0.29) is 24.2 Å². The lowest BCUT2D eigenvalue weighted by Crippen LogP contribution is -2.63. The first kappa shape index (κ1) is 24.0. The normalized spacial score (nSPS) is 18.9. The highest BCUT2D eigenvalue weighted by atomic mass is 19.1. The summed E-state index contributed by atoms with van der Waals surface area (Å²) in [6, 6.07) is 18.8. The Kier molecular flexibility index (Phi) is 6.02. The molecule has 4 aromatic rings. The number of aromatic nitrogens is 1. The number of hydrogen-bond donors (Lipinski definition) is 1. The number of carbonyl (C=O) groups excluding carboxylic acids is 2. The number of benzene rings is 3. The van der Waals surface area contributed by atoms with Gasteiger partial charge in [0.05, 0.1) is 26.8 Å². The highest BCUT2D eigenvalue weighted by molar-refractivity contribution is 5.97. The van der Waals surface area contributed by atoms with Crippen molar-refractivity contribution in [1.29, 1.82) is 0 Å². The van der Waals surface area contributed by atoms with Crippen LogP contribution >= 0.6 is 0 Å². The third-order valence-electron chi connectivity index (χ3n) is 7.65. The zero-order chi connectivity index (χ0) is 26.4. The second-order valence-corrected chi connectivity index (χ2v) is 9.74. The monoisotopic (exact) mass is 513 g/mol. The number of halogens is 1. The smallest absolute Gasteiger partial charge is 0.246 e. The second kappa shape index (κ2) is 9.52. The number of aromatic amines is 1. The van der Waals surface area contributed by atoms with Crippen LogP contribution < -0.4 is 9.47 Å². The largest absolute Gasteiger partial charge is 0.493 e. The SMILES string of the molecule is COc1ccc([C@@H]2c3[nH]c4ccccc4c3C[C@H]3C(=O)N(CCc4ccc(F)cc4)CC(=O)N23)cc1OC. The highest BCUT2D eigenvalue weighted by Gasteiger charge is 2.48. The molecule has 1 N–H and O–H groups in total. The van der Waals surface area contributed by atoms with Gasteiger partial charge in [0.2, 0.25) is 11.8 Å². The van der Waals surface area contributed by atoms with Gasteiger partial charge in [-0.1, -0.05) is 36.4 Å². The van der Waals surface area contributed by atoms with E-state index in [9.17, 15) is 14.0 Å². The number of H-pyrrole nitrogens is 1. The third kappa shape index (κ3) is 3.97. The van der Waals surface area contributed by atoms with Crippen LogP contribution in [0.3, 0.4) is 0 Å². The average Bonchev–Trinajstić information content (AvgIpc) is 3.32. The van der Waals surface area contributed by atoms with Gasteiger partial charge >= 0.3 is 0 Å². The number of nitrogens with zero attached hydrogens (tertiary/aromatic N) is 2. The van der Waals surface area contributed by atoms with Crippen molar-refractivity contribution >= 4 is 22.7 Å². The van der Waals surface area contributed by atoms with E-state index in [0.717, 1.165) is 33.3 Å². The zero-order valence-corrected chi connectivity index (χ0v) is 21.2. The van der Waals surface area contributed by atoms with Crippen molar-refractivity contribution < 1.29 is 23.5 Å². The molecule has 0 saturated carbocycles. The molecule has 2 atom stereocenters. The Labute approximate surface area is 219 Å². The molecule has 3 heterocycles. The molecule has 6 rings (SSSR count). The molecule has 0 radical (unpaired) electrons. The average molecular weight is 514 g/mol. The van der Waals surface area contributed by atoms with Gasteiger partial charge in [0.15, 0.2) is 11.5 Å². The Morgan fingerprint density at radius 1 is 0.974 bits per heavy atom. The summed E-state index contributed by atoms with van der Waals surface area (Å²) in [5.74, 6) is 0.660. The molecule has 2 aliphatic heterocycles. The summed E-state index contributed by atoms with van der Waals surface area (Å²) in [6.07, 6.45) is 0.976. The quantitative estimate of drug-likeness (QED) is 0.418. The van der Waals surface area contributed by atoms with E-state index in [1.54, 1.807) is 36.2 Å². The summed E-state index contributed by atoms with van der Waals surface area (Å²) < 4.78 is 24.3. The lowest BCUT2D eigenvalue weighted by Gasteiger charge is -2.47. The molecule has 2 aliphatic rings. The number of fused-ring (bicyclic) bond motifs is 4. The highest BCUT2D eigenvalue weighted by Crippen LogP contribution is 2.44. The Bertz CT molecular complexity index is 1530. The lowest BCUT2D eigenvalue weighted by molar-refractivity contribution is -0.158. The third-order valence-corrected chi connectivity index (χ3v) is 7.65. The van der Waals surface area contributed by atoms with Crippen LogP contribution in [0.4, 0.5) is 4.39 Å². The maximum atomic E-state index is 13.9. The van der Waals surface area contributed by atoms with Crippen molar-refractivity contribution in [2.75, 3.05) is 27.3 Å². The topological polar surface area (TPSA) is 74.9 Å². The summed E-state index contributed by atoms with van der Waals surface area (Å²) in [6.45, 7) is 0.387. The fourth-order valence-corrected chi connectivity index (χ4v) is 5.80.